The molecule has 2 unspecified atom stereocenters. The minimum absolute atomic E-state index is 0.0687. The van der Waals surface area contributed by atoms with Gasteiger partial charge >= 0.3 is 0 Å². The predicted molar refractivity (Wildman–Crippen MR) is 80.8 cm³/mol. The van der Waals surface area contributed by atoms with E-state index < -0.39 is 0 Å². The van der Waals surface area contributed by atoms with Crippen molar-refractivity contribution >= 4 is 40.2 Å². The zero-order chi connectivity index (χ0) is 12.3. The number of aromatic nitrogens is 2. The van der Waals surface area contributed by atoms with Crippen molar-refractivity contribution in [3.05, 3.63) is 20.3 Å². The van der Waals surface area contributed by atoms with E-state index in [1.807, 2.05) is 34.4 Å². The summed E-state index contributed by atoms with van der Waals surface area (Å²) in [6, 6.07) is 0.447. The monoisotopic (exact) mass is 365 g/mol. The fourth-order valence-electron chi connectivity index (χ4n) is 2.16. The Morgan fingerprint density at radius 2 is 2.47 bits per heavy atom. The highest BCUT2D eigenvalue weighted by Gasteiger charge is 2.27. The molecular formula is C11H16IN3OS. The van der Waals surface area contributed by atoms with E-state index in [-0.39, 0.29) is 5.56 Å². The number of halogens is 1. The summed E-state index contributed by atoms with van der Waals surface area (Å²) in [7, 11) is 0. The van der Waals surface area contributed by atoms with E-state index >= 15 is 0 Å². The Balaban J connectivity index is 2.09. The first-order chi connectivity index (χ1) is 8.22. The molecule has 1 aliphatic carbocycles. The van der Waals surface area contributed by atoms with Gasteiger partial charge in [-0.1, -0.05) is 13.3 Å². The molecule has 1 aliphatic rings. The standard InChI is InChI=1S/C11H16IN3OS/c1-2-17-8-5-3-4-7(8)15-10-9(12)11(16)14-6-13-10/h6-8H,2-5H2,1H3,(H2,13,14,15,16). The van der Waals surface area contributed by atoms with Gasteiger partial charge in [0, 0.05) is 11.3 Å². The van der Waals surface area contributed by atoms with Crippen molar-refractivity contribution in [3.8, 4) is 0 Å². The van der Waals surface area contributed by atoms with Crippen LogP contribution in [0.25, 0.3) is 0 Å². The number of H-pyrrole nitrogens is 1. The Bertz CT molecular complexity index is 437. The van der Waals surface area contributed by atoms with Crippen LogP contribution in [0.3, 0.4) is 0 Å². The number of aromatic amines is 1. The van der Waals surface area contributed by atoms with Gasteiger partial charge in [0.15, 0.2) is 0 Å². The van der Waals surface area contributed by atoms with E-state index in [0.717, 1.165) is 11.6 Å². The SMILES string of the molecule is CCSC1CCCC1Nc1nc[nH]c(=O)c1I. The summed E-state index contributed by atoms with van der Waals surface area (Å²) < 4.78 is 0.650. The molecular weight excluding hydrogens is 349 g/mol. The largest absolute Gasteiger partial charge is 0.365 e. The molecule has 1 saturated carbocycles. The number of nitrogens with zero attached hydrogens (tertiary/aromatic N) is 1. The maximum Gasteiger partial charge on any atom is 0.266 e. The second-order valence-corrected chi connectivity index (χ2v) is 6.66. The van der Waals surface area contributed by atoms with Crippen LogP contribution in [0.4, 0.5) is 5.82 Å². The van der Waals surface area contributed by atoms with E-state index in [9.17, 15) is 4.79 Å². The van der Waals surface area contributed by atoms with Gasteiger partial charge in [0.1, 0.15) is 9.39 Å². The van der Waals surface area contributed by atoms with E-state index in [1.165, 1.54) is 25.6 Å². The Kier molecular flexibility index (Phi) is 4.72. The number of thioether (sulfide) groups is 1. The van der Waals surface area contributed by atoms with Crippen LogP contribution in [0.1, 0.15) is 26.2 Å². The van der Waals surface area contributed by atoms with Crippen LogP contribution < -0.4 is 10.9 Å². The number of nitrogens with one attached hydrogen (secondary N) is 2. The average Bonchev–Trinajstić information content (AvgIpc) is 2.73. The summed E-state index contributed by atoms with van der Waals surface area (Å²) in [4.78, 5) is 18.3. The molecule has 6 heteroatoms. The topological polar surface area (TPSA) is 57.8 Å². The van der Waals surface area contributed by atoms with Gasteiger partial charge in [0.05, 0.1) is 6.33 Å². The van der Waals surface area contributed by atoms with Crippen LogP contribution in [-0.2, 0) is 0 Å². The lowest BCUT2D eigenvalue weighted by atomic mass is 10.2. The van der Waals surface area contributed by atoms with Gasteiger partial charge in [-0.05, 0) is 41.2 Å². The minimum atomic E-state index is -0.0687. The molecule has 2 rings (SSSR count). The van der Waals surface area contributed by atoms with E-state index in [2.05, 4.69) is 22.2 Å². The molecule has 2 atom stereocenters. The van der Waals surface area contributed by atoms with Gasteiger partial charge in [-0.25, -0.2) is 4.98 Å². The van der Waals surface area contributed by atoms with E-state index in [0.29, 0.717) is 14.9 Å². The molecule has 0 radical (unpaired) electrons. The van der Waals surface area contributed by atoms with Crippen LogP contribution in [0, 0.1) is 3.57 Å². The quantitative estimate of drug-likeness (QED) is 0.805. The second-order valence-electron chi connectivity index (χ2n) is 4.07. The Morgan fingerprint density at radius 3 is 3.24 bits per heavy atom. The van der Waals surface area contributed by atoms with Gasteiger partial charge in [0.25, 0.3) is 5.56 Å². The summed E-state index contributed by atoms with van der Waals surface area (Å²) >= 11 is 4.04. The zero-order valence-corrected chi connectivity index (χ0v) is 12.7. The molecule has 1 fully saturated rings. The molecule has 0 aliphatic heterocycles. The molecule has 0 aromatic carbocycles. The average molecular weight is 365 g/mol. The lowest BCUT2D eigenvalue weighted by molar-refractivity contribution is 0.760. The summed E-state index contributed by atoms with van der Waals surface area (Å²) in [6.07, 6.45) is 5.15. The summed E-state index contributed by atoms with van der Waals surface area (Å²) in [5.41, 5.74) is -0.0687. The number of rotatable bonds is 4. The van der Waals surface area contributed by atoms with Crippen LogP contribution in [-0.4, -0.2) is 27.0 Å². The van der Waals surface area contributed by atoms with Crippen LogP contribution >= 0.6 is 34.4 Å². The van der Waals surface area contributed by atoms with Crippen molar-refractivity contribution < 1.29 is 0 Å². The Labute approximate surface area is 119 Å². The van der Waals surface area contributed by atoms with E-state index in [4.69, 9.17) is 0 Å². The molecule has 17 heavy (non-hydrogen) atoms. The van der Waals surface area contributed by atoms with Gasteiger partial charge in [-0.2, -0.15) is 11.8 Å². The molecule has 4 nitrogen and oxygen atoms in total. The third-order valence-electron chi connectivity index (χ3n) is 2.95. The number of hydrogen-bond donors (Lipinski definition) is 2. The van der Waals surface area contributed by atoms with Crippen molar-refractivity contribution in [3.63, 3.8) is 0 Å². The van der Waals surface area contributed by atoms with Crippen molar-refractivity contribution in [2.24, 2.45) is 0 Å². The maximum absolute atomic E-state index is 11.5. The van der Waals surface area contributed by atoms with Crippen LogP contribution in [0.5, 0.6) is 0 Å². The van der Waals surface area contributed by atoms with Crippen molar-refractivity contribution in [1.82, 2.24) is 9.97 Å². The fourth-order valence-corrected chi connectivity index (χ4v) is 3.81. The van der Waals surface area contributed by atoms with E-state index in [1.54, 1.807) is 0 Å². The zero-order valence-electron chi connectivity index (χ0n) is 9.70. The van der Waals surface area contributed by atoms with Crippen LogP contribution in [0.2, 0.25) is 0 Å². The third kappa shape index (κ3) is 3.15. The smallest absolute Gasteiger partial charge is 0.266 e. The van der Waals surface area contributed by atoms with Gasteiger partial charge in [0.2, 0.25) is 0 Å². The number of anilines is 1. The van der Waals surface area contributed by atoms with Gasteiger partial charge < -0.3 is 10.3 Å². The Morgan fingerprint density at radius 1 is 1.65 bits per heavy atom. The minimum Gasteiger partial charge on any atom is -0.365 e. The van der Waals surface area contributed by atoms with Crippen molar-refractivity contribution in [1.29, 1.82) is 0 Å². The summed E-state index contributed by atoms with van der Waals surface area (Å²) in [5, 5.41) is 4.08. The van der Waals surface area contributed by atoms with Crippen molar-refractivity contribution in [2.45, 2.75) is 37.5 Å². The highest BCUT2D eigenvalue weighted by atomic mass is 127. The predicted octanol–water partition coefficient (Wildman–Crippen LogP) is 2.46. The molecule has 0 amide bonds. The van der Waals surface area contributed by atoms with Crippen molar-refractivity contribution in [2.75, 3.05) is 11.1 Å². The molecule has 0 spiro atoms. The summed E-state index contributed by atoms with van der Waals surface area (Å²) in [6.45, 7) is 2.19. The lowest BCUT2D eigenvalue weighted by Gasteiger charge is -2.20. The molecule has 2 N–H and O–H groups in total. The first kappa shape index (κ1) is 13.2. The molecule has 1 heterocycles. The lowest BCUT2D eigenvalue weighted by Crippen LogP contribution is -2.28. The molecule has 0 saturated heterocycles. The van der Waals surface area contributed by atoms with Gasteiger partial charge in [-0.15, -0.1) is 0 Å². The van der Waals surface area contributed by atoms with Gasteiger partial charge in [-0.3, -0.25) is 4.79 Å². The third-order valence-corrected chi connectivity index (χ3v) is 5.28. The highest BCUT2D eigenvalue weighted by Crippen LogP contribution is 2.32. The molecule has 1 aromatic rings. The molecule has 0 bridgehead atoms. The maximum atomic E-state index is 11.5. The fraction of sp³-hybridized carbons (Fsp3) is 0.636. The normalized spacial score (nSPS) is 23.9. The first-order valence-electron chi connectivity index (χ1n) is 5.83. The highest BCUT2D eigenvalue weighted by molar-refractivity contribution is 14.1. The summed E-state index contributed by atoms with van der Waals surface area (Å²) in [5.74, 6) is 1.87. The second kappa shape index (κ2) is 6.08. The first-order valence-corrected chi connectivity index (χ1v) is 7.96. The van der Waals surface area contributed by atoms with Crippen LogP contribution in [0.15, 0.2) is 11.1 Å². The Hall–Kier alpha value is -0.240. The molecule has 1 aromatic heterocycles. The number of hydrogen-bond acceptors (Lipinski definition) is 4. The molecule has 94 valence electrons.